The van der Waals surface area contributed by atoms with E-state index in [9.17, 15) is 5.11 Å². The van der Waals surface area contributed by atoms with Gasteiger partial charge in [0, 0.05) is 10.1 Å². The van der Waals surface area contributed by atoms with Gasteiger partial charge < -0.3 is 5.11 Å². The number of phenols is 1. The Hall–Kier alpha value is -0.730. The van der Waals surface area contributed by atoms with Gasteiger partial charge in [0.05, 0.1) is 10.4 Å². The van der Waals surface area contributed by atoms with Crippen LogP contribution >= 0.6 is 22.9 Å². The standard InChI is InChI=1S/C9H7ClOS/c1-5-2-3-7-8(9(5)11)6(10)4-12-7/h2-4,11H,1H3. The van der Waals surface area contributed by atoms with Crippen LogP contribution in [0.4, 0.5) is 0 Å². The van der Waals surface area contributed by atoms with Crippen molar-refractivity contribution in [1.29, 1.82) is 0 Å². The average molecular weight is 199 g/mol. The first-order chi connectivity index (χ1) is 5.70. The molecule has 62 valence electrons. The van der Waals surface area contributed by atoms with E-state index < -0.39 is 0 Å². The Labute approximate surface area is 79.2 Å². The van der Waals surface area contributed by atoms with E-state index in [4.69, 9.17) is 11.6 Å². The van der Waals surface area contributed by atoms with Gasteiger partial charge in [0.2, 0.25) is 0 Å². The molecular formula is C9H7ClOS. The number of benzene rings is 1. The molecule has 1 heterocycles. The van der Waals surface area contributed by atoms with Gasteiger partial charge in [0.25, 0.3) is 0 Å². The number of aromatic hydroxyl groups is 1. The maximum Gasteiger partial charge on any atom is 0.128 e. The maximum absolute atomic E-state index is 9.65. The Morgan fingerprint density at radius 2 is 2.17 bits per heavy atom. The van der Waals surface area contributed by atoms with E-state index in [2.05, 4.69) is 0 Å². The molecule has 12 heavy (non-hydrogen) atoms. The third kappa shape index (κ3) is 0.993. The summed E-state index contributed by atoms with van der Waals surface area (Å²) < 4.78 is 1.03. The molecule has 0 radical (unpaired) electrons. The van der Waals surface area contributed by atoms with Crippen LogP contribution in [0.25, 0.3) is 10.1 Å². The minimum atomic E-state index is 0.304. The number of thiophene rings is 1. The zero-order valence-corrected chi connectivity index (χ0v) is 8.04. The normalized spacial score (nSPS) is 10.8. The van der Waals surface area contributed by atoms with Crippen LogP contribution in [0, 0.1) is 6.92 Å². The zero-order chi connectivity index (χ0) is 8.72. The molecule has 1 aromatic heterocycles. The SMILES string of the molecule is Cc1ccc2scc(Cl)c2c1O. The predicted molar refractivity (Wildman–Crippen MR) is 53.2 cm³/mol. The number of hydrogen-bond acceptors (Lipinski definition) is 2. The van der Waals surface area contributed by atoms with Crippen LogP contribution in [0.5, 0.6) is 5.75 Å². The highest BCUT2D eigenvalue weighted by Gasteiger charge is 2.07. The number of rotatable bonds is 0. The topological polar surface area (TPSA) is 20.2 Å². The van der Waals surface area contributed by atoms with Gasteiger partial charge >= 0.3 is 0 Å². The van der Waals surface area contributed by atoms with Gasteiger partial charge in [0.1, 0.15) is 5.75 Å². The van der Waals surface area contributed by atoms with Gasteiger partial charge in [-0.1, -0.05) is 17.7 Å². The van der Waals surface area contributed by atoms with Crippen molar-refractivity contribution in [3.05, 3.63) is 28.1 Å². The highest BCUT2D eigenvalue weighted by molar-refractivity contribution is 7.17. The fourth-order valence-electron chi connectivity index (χ4n) is 1.18. The molecule has 0 saturated heterocycles. The van der Waals surface area contributed by atoms with E-state index in [1.54, 1.807) is 11.3 Å². The molecule has 1 nitrogen and oxygen atoms in total. The Bertz CT molecular complexity index is 433. The molecule has 0 saturated carbocycles. The lowest BCUT2D eigenvalue weighted by molar-refractivity contribution is 0.477. The molecule has 0 amide bonds. The molecule has 0 atom stereocenters. The van der Waals surface area contributed by atoms with E-state index in [0.717, 1.165) is 15.6 Å². The summed E-state index contributed by atoms with van der Waals surface area (Å²) in [6, 6.07) is 3.87. The summed E-state index contributed by atoms with van der Waals surface area (Å²) in [5.74, 6) is 0.304. The molecule has 0 bridgehead atoms. The third-order valence-electron chi connectivity index (χ3n) is 1.87. The summed E-state index contributed by atoms with van der Waals surface area (Å²) in [7, 11) is 0. The highest BCUT2D eigenvalue weighted by Crippen LogP contribution is 2.37. The van der Waals surface area contributed by atoms with Crippen molar-refractivity contribution in [1.82, 2.24) is 0 Å². The van der Waals surface area contributed by atoms with Crippen molar-refractivity contribution in [3.8, 4) is 5.75 Å². The van der Waals surface area contributed by atoms with Crippen molar-refractivity contribution >= 4 is 33.0 Å². The Balaban J connectivity index is 2.96. The van der Waals surface area contributed by atoms with Crippen LogP contribution < -0.4 is 0 Å². The van der Waals surface area contributed by atoms with E-state index >= 15 is 0 Å². The second kappa shape index (κ2) is 2.64. The van der Waals surface area contributed by atoms with Gasteiger partial charge in [-0.05, 0) is 18.6 Å². The molecule has 1 N–H and O–H groups in total. The first kappa shape index (κ1) is 7.90. The molecule has 0 aliphatic carbocycles. The van der Waals surface area contributed by atoms with Gasteiger partial charge in [0.15, 0.2) is 0 Å². The molecule has 2 rings (SSSR count). The molecule has 3 heteroatoms. The summed E-state index contributed by atoms with van der Waals surface area (Å²) in [4.78, 5) is 0. The van der Waals surface area contributed by atoms with Crippen LogP contribution in [0.1, 0.15) is 5.56 Å². The minimum Gasteiger partial charge on any atom is -0.507 e. The Morgan fingerprint density at radius 3 is 2.92 bits per heavy atom. The number of aryl methyl sites for hydroxylation is 1. The highest BCUT2D eigenvalue weighted by atomic mass is 35.5. The van der Waals surface area contributed by atoms with Crippen molar-refractivity contribution in [2.24, 2.45) is 0 Å². The summed E-state index contributed by atoms with van der Waals surface area (Å²) in [5, 5.41) is 12.9. The van der Waals surface area contributed by atoms with Gasteiger partial charge in [-0.3, -0.25) is 0 Å². The van der Waals surface area contributed by atoms with Crippen LogP contribution in [-0.2, 0) is 0 Å². The molecule has 0 aliphatic rings. The summed E-state index contributed by atoms with van der Waals surface area (Å²) >= 11 is 7.45. The smallest absolute Gasteiger partial charge is 0.128 e. The van der Waals surface area contributed by atoms with Crippen LogP contribution in [0.2, 0.25) is 5.02 Å². The lowest BCUT2D eigenvalue weighted by Gasteiger charge is -1.99. The van der Waals surface area contributed by atoms with Crippen molar-refractivity contribution < 1.29 is 5.11 Å². The largest absolute Gasteiger partial charge is 0.507 e. The zero-order valence-electron chi connectivity index (χ0n) is 6.47. The summed E-state index contributed by atoms with van der Waals surface area (Å²) in [5.41, 5.74) is 0.864. The predicted octanol–water partition coefficient (Wildman–Crippen LogP) is 3.57. The van der Waals surface area contributed by atoms with E-state index in [-0.39, 0.29) is 0 Å². The number of halogens is 1. The third-order valence-corrected chi connectivity index (χ3v) is 3.24. The minimum absolute atomic E-state index is 0.304. The average Bonchev–Trinajstić information content (AvgIpc) is 2.41. The Kier molecular flexibility index (Phi) is 1.74. The number of phenolic OH excluding ortho intramolecular Hbond substituents is 1. The van der Waals surface area contributed by atoms with Crippen molar-refractivity contribution in [2.75, 3.05) is 0 Å². The summed E-state index contributed by atoms with van der Waals surface area (Å²) in [6.45, 7) is 1.86. The van der Waals surface area contributed by atoms with Crippen LogP contribution in [0.15, 0.2) is 17.5 Å². The number of hydrogen-bond donors (Lipinski definition) is 1. The molecule has 0 fully saturated rings. The maximum atomic E-state index is 9.65. The molecule has 1 aromatic carbocycles. The first-order valence-corrected chi connectivity index (χ1v) is 4.81. The number of fused-ring (bicyclic) bond motifs is 1. The van der Waals surface area contributed by atoms with E-state index in [0.29, 0.717) is 10.8 Å². The second-order valence-corrected chi connectivity index (χ2v) is 4.01. The first-order valence-electron chi connectivity index (χ1n) is 3.55. The molecule has 2 aromatic rings. The van der Waals surface area contributed by atoms with Crippen LogP contribution in [-0.4, -0.2) is 5.11 Å². The molecular weight excluding hydrogens is 192 g/mol. The molecule has 0 aliphatic heterocycles. The summed E-state index contributed by atoms with van der Waals surface area (Å²) in [6.07, 6.45) is 0. The fourth-order valence-corrected chi connectivity index (χ4v) is 2.38. The van der Waals surface area contributed by atoms with Gasteiger partial charge in [-0.25, -0.2) is 0 Å². The second-order valence-electron chi connectivity index (χ2n) is 2.69. The van der Waals surface area contributed by atoms with E-state index in [1.807, 2.05) is 24.4 Å². The Morgan fingerprint density at radius 1 is 1.42 bits per heavy atom. The lowest BCUT2D eigenvalue weighted by atomic mass is 10.1. The van der Waals surface area contributed by atoms with Gasteiger partial charge in [-0.15, -0.1) is 11.3 Å². The van der Waals surface area contributed by atoms with E-state index in [1.165, 1.54) is 0 Å². The lowest BCUT2D eigenvalue weighted by Crippen LogP contribution is -1.73. The molecule has 0 spiro atoms. The van der Waals surface area contributed by atoms with Crippen molar-refractivity contribution in [2.45, 2.75) is 6.92 Å². The van der Waals surface area contributed by atoms with Crippen molar-refractivity contribution in [3.63, 3.8) is 0 Å². The molecule has 0 unspecified atom stereocenters. The van der Waals surface area contributed by atoms with Gasteiger partial charge in [-0.2, -0.15) is 0 Å². The quantitative estimate of drug-likeness (QED) is 0.686. The fraction of sp³-hybridized carbons (Fsp3) is 0.111. The monoisotopic (exact) mass is 198 g/mol. The van der Waals surface area contributed by atoms with Crippen LogP contribution in [0.3, 0.4) is 0 Å².